The van der Waals surface area contributed by atoms with Crippen molar-refractivity contribution in [2.45, 2.75) is 53.2 Å². The zero-order valence-electron chi connectivity index (χ0n) is 19.1. The maximum absolute atomic E-state index is 12.3. The molecule has 0 fully saturated rings. The molecule has 4 aromatic rings. The van der Waals surface area contributed by atoms with E-state index in [2.05, 4.69) is 40.4 Å². The first kappa shape index (κ1) is 22.2. The van der Waals surface area contributed by atoms with Gasteiger partial charge in [0, 0.05) is 32.9 Å². The van der Waals surface area contributed by atoms with Crippen LogP contribution >= 0.6 is 11.6 Å². The first-order valence-corrected chi connectivity index (χ1v) is 11.1. The summed E-state index contributed by atoms with van der Waals surface area (Å²) in [5.41, 5.74) is 6.63. The van der Waals surface area contributed by atoms with Gasteiger partial charge < -0.3 is 9.72 Å². The Morgan fingerprint density at radius 1 is 1.09 bits per heavy atom. The number of aromatic amines is 1. The van der Waals surface area contributed by atoms with Gasteiger partial charge in [0.05, 0.1) is 18.7 Å². The predicted octanol–water partition coefficient (Wildman–Crippen LogP) is 6.23. The minimum atomic E-state index is -0.492. The lowest BCUT2D eigenvalue weighted by Gasteiger charge is -2.19. The highest BCUT2D eigenvalue weighted by Gasteiger charge is 2.20. The smallest absolute Gasteiger partial charge is 0.310 e. The Balaban J connectivity index is 1.50. The lowest BCUT2D eigenvalue weighted by Crippen LogP contribution is -2.25. The van der Waals surface area contributed by atoms with E-state index in [1.165, 1.54) is 0 Å². The number of hydrogen-bond acceptors (Lipinski definition) is 3. The molecule has 6 heteroatoms. The standard InChI is InChI=1S/C26H28ClN3O2/c1-16-22(14-25(31)32-26(3,4)5)17(2)30(29-16)15-18-6-8-19(9-7-18)23-12-20-10-11-21(27)13-24(20)28-23/h6-13,28H,14-15H2,1-5H3. The first-order valence-electron chi connectivity index (χ1n) is 10.7. The lowest BCUT2D eigenvalue weighted by atomic mass is 10.1. The normalized spacial score (nSPS) is 11.8. The molecule has 166 valence electrons. The van der Waals surface area contributed by atoms with E-state index in [-0.39, 0.29) is 12.4 Å². The van der Waals surface area contributed by atoms with Crippen LogP contribution in [0.5, 0.6) is 0 Å². The molecule has 2 aromatic carbocycles. The number of nitrogens with zero attached hydrogens (tertiary/aromatic N) is 2. The zero-order valence-corrected chi connectivity index (χ0v) is 19.9. The van der Waals surface area contributed by atoms with Crippen molar-refractivity contribution in [3.05, 3.63) is 76.1 Å². The van der Waals surface area contributed by atoms with Gasteiger partial charge in [-0.1, -0.05) is 41.9 Å². The van der Waals surface area contributed by atoms with E-state index in [0.29, 0.717) is 6.54 Å². The Morgan fingerprint density at radius 3 is 2.50 bits per heavy atom. The number of nitrogens with one attached hydrogen (secondary N) is 1. The van der Waals surface area contributed by atoms with Gasteiger partial charge in [0.2, 0.25) is 0 Å². The molecule has 2 aromatic heterocycles. The summed E-state index contributed by atoms with van der Waals surface area (Å²) in [6, 6.07) is 16.4. The van der Waals surface area contributed by atoms with Crippen LogP contribution in [-0.4, -0.2) is 26.3 Å². The minimum absolute atomic E-state index is 0.229. The fraction of sp³-hybridized carbons (Fsp3) is 0.308. The maximum Gasteiger partial charge on any atom is 0.310 e. The summed E-state index contributed by atoms with van der Waals surface area (Å²) < 4.78 is 7.43. The maximum atomic E-state index is 12.3. The number of carbonyl (C=O) groups excluding carboxylic acids is 1. The van der Waals surface area contributed by atoms with E-state index in [1.54, 1.807) is 0 Å². The highest BCUT2D eigenvalue weighted by Crippen LogP contribution is 2.27. The van der Waals surface area contributed by atoms with E-state index in [4.69, 9.17) is 16.3 Å². The quantitative estimate of drug-likeness (QED) is 0.367. The molecule has 0 aliphatic carbocycles. The van der Waals surface area contributed by atoms with Crippen molar-refractivity contribution in [1.29, 1.82) is 0 Å². The molecule has 0 unspecified atom stereocenters. The van der Waals surface area contributed by atoms with Crippen LogP contribution in [0, 0.1) is 13.8 Å². The number of fused-ring (bicyclic) bond motifs is 1. The van der Waals surface area contributed by atoms with E-state index in [9.17, 15) is 4.79 Å². The van der Waals surface area contributed by atoms with Gasteiger partial charge >= 0.3 is 5.97 Å². The van der Waals surface area contributed by atoms with Gasteiger partial charge in [0.15, 0.2) is 0 Å². The van der Waals surface area contributed by atoms with Gasteiger partial charge in [-0.2, -0.15) is 5.10 Å². The Labute approximate surface area is 193 Å². The molecule has 5 nitrogen and oxygen atoms in total. The molecule has 0 saturated carbocycles. The predicted molar refractivity (Wildman–Crippen MR) is 129 cm³/mol. The Kier molecular flexibility index (Phi) is 5.87. The van der Waals surface area contributed by atoms with Crippen molar-refractivity contribution in [3.63, 3.8) is 0 Å². The summed E-state index contributed by atoms with van der Waals surface area (Å²) >= 11 is 6.10. The molecule has 0 atom stereocenters. The number of esters is 1. The Bertz CT molecular complexity index is 1280. The number of hydrogen-bond donors (Lipinski definition) is 1. The number of H-pyrrole nitrogens is 1. The third-order valence-electron chi connectivity index (χ3n) is 5.45. The Hall–Kier alpha value is -3.05. The van der Waals surface area contributed by atoms with Gasteiger partial charge in [-0.15, -0.1) is 0 Å². The van der Waals surface area contributed by atoms with Crippen molar-refractivity contribution in [2.24, 2.45) is 0 Å². The van der Waals surface area contributed by atoms with Gasteiger partial charge in [0.1, 0.15) is 5.60 Å². The molecule has 32 heavy (non-hydrogen) atoms. The summed E-state index contributed by atoms with van der Waals surface area (Å²) in [6.45, 7) is 10.2. The van der Waals surface area contributed by atoms with Gasteiger partial charge in [-0.25, -0.2) is 0 Å². The molecule has 0 bridgehead atoms. The van der Waals surface area contributed by atoms with Crippen LogP contribution in [0.25, 0.3) is 22.2 Å². The average Bonchev–Trinajstić information content (AvgIpc) is 3.23. The summed E-state index contributed by atoms with van der Waals surface area (Å²) in [5, 5.41) is 6.52. The molecule has 0 aliphatic heterocycles. The largest absolute Gasteiger partial charge is 0.460 e. The van der Waals surface area contributed by atoms with Crippen molar-refractivity contribution in [2.75, 3.05) is 0 Å². The van der Waals surface area contributed by atoms with Crippen LogP contribution in [0.1, 0.15) is 43.3 Å². The van der Waals surface area contributed by atoms with E-state index in [0.717, 1.165) is 49.7 Å². The van der Waals surface area contributed by atoms with Gasteiger partial charge in [0.25, 0.3) is 0 Å². The van der Waals surface area contributed by atoms with Crippen LogP contribution in [0.2, 0.25) is 5.02 Å². The van der Waals surface area contributed by atoms with Crippen LogP contribution in [0.4, 0.5) is 0 Å². The van der Waals surface area contributed by atoms with Crippen LogP contribution in [0.15, 0.2) is 48.5 Å². The number of benzene rings is 2. The second-order valence-electron chi connectivity index (χ2n) is 9.18. The molecule has 1 N–H and O–H groups in total. The summed E-state index contributed by atoms with van der Waals surface area (Å²) in [5.74, 6) is -0.229. The number of carbonyl (C=O) groups is 1. The molecular formula is C26H28ClN3O2. The SMILES string of the molecule is Cc1nn(Cc2ccc(-c3cc4ccc(Cl)cc4[nH]3)cc2)c(C)c1CC(=O)OC(C)(C)C. The fourth-order valence-electron chi connectivity index (χ4n) is 3.88. The highest BCUT2D eigenvalue weighted by atomic mass is 35.5. The molecule has 4 rings (SSSR count). The molecule has 0 aliphatic rings. The second-order valence-corrected chi connectivity index (χ2v) is 9.62. The molecule has 2 heterocycles. The summed E-state index contributed by atoms with van der Waals surface area (Å²) in [6.07, 6.45) is 0.234. The van der Waals surface area contributed by atoms with Crippen molar-refractivity contribution >= 4 is 28.5 Å². The van der Waals surface area contributed by atoms with Gasteiger partial charge in [-0.05, 0) is 63.9 Å². The fourth-order valence-corrected chi connectivity index (χ4v) is 4.06. The van der Waals surface area contributed by atoms with E-state index >= 15 is 0 Å². The number of rotatable bonds is 5. The third-order valence-corrected chi connectivity index (χ3v) is 5.69. The number of halogens is 1. The molecule has 0 spiro atoms. The number of ether oxygens (including phenoxy) is 1. The Morgan fingerprint density at radius 2 is 1.81 bits per heavy atom. The first-order chi connectivity index (χ1) is 15.1. The highest BCUT2D eigenvalue weighted by molar-refractivity contribution is 6.31. The molecular weight excluding hydrogens is 422 g/mol. The molecule has 0 amide bonds. The van der Waals surface area contributed by atoms with Crippen molar-refractivity contribution < 1.29 is 9.53 Å². The summed E-state index contributed by atoms with van der Waals surface area (Å²) in [7, 11) is 0. The molecule has 0 radical (unpaired) electrons. The number of aromatic nitrogens is 3. The lowest BCUT2D eigenvalue weighted by molar-refractivity contribution is -0.153. The van der Waals surface area contributed by atoms with Crippen LogP contribution in [-0.2, 0) is 22.5 Å². The second kappa shape index (κ2) is 8.47. The van der Waals surface area contributed by atoms with Crippen LogP contribution < -0.4 is 0 Å². The van der Waals surface area contributed by atoms with E-state index < -0.39 is 5.60 Å². The van der Waals surface area contributed by atoms with Crippen molar-refractivity contribution in [1.82, 2.24) is 14.8 Å². The monoisotopic (exact) mass is 449 g/mol. The van der Waals surface area contributed by atoms with Gasteiger partial charge in [-0.3, -0.25) is 9.48 Å². The van der Waals surface area contributed by atoms with Crippen LogP contribution in [0.3, 0.4) is 0 Å². The third kappa shape index (κ3) is 4.89. The number of aryl methyl sites for hydroxylation is 1. The van der Waals surface area contributed by atoms with Crippen molar-refractivity contribution in [3.8, 4) is 11.3 Å². The minimum Gasteiger partial charge on any atom is -0.460 e. The topological polar surface area (TPSA) is 59.9 Å². The van der Waals surface area contributed by atoms with E-state index in [1.807, 2.05) is 57.5 Å². The average molecular weight is 450 g/mol. The zero-order chi connectivity index (χ0) is 23.0. The summed E-state index contributed by atoms with van der Waals surface area (Å²) in [4.78, 5) is 15.7. The molecule has 0 saturated heterocycles.